The summed E-state index contributed by atoms with van der Waals surface area (Å²) in [5, 5.41) is 3.60. The van der Waals surface area contributed by atoms with E-state index in [9.17, 15) is 18.0 Å². The number of benzene rings is 2. The molecule has 0 saturated carbocycles. The zero-order chi connectivity index (χ0) is 24.2. The van der Waals surface area contributed by atoms with E-state index in [2.05, 4.69) is 5.32 Å². The van der Waals surface area contributed by atoms with Crippen LogP contribution in [0, 0.1) is 5.92 Å². The van der Waals surface area contributed by atoms with Gasteiger partial charge in [0, 0.05) is 40.3 Å². The average molecular weight is 534 g/mol. The molecule has 0 aromatic heterocycles. The number of halogens is 3. The van der Waals surface area contributed by atoms with Gasteiger partial charge in [-0.25, -0.2) is 17.5 Å². The van der Waals surface area contributed by atoms with Gasteiger partial charge in [0.05, 0.1) is 22.9 Å². The van der Waals surface area contributed by atoms with Crippen molar-refractivity contribution in [2.75, 3.05) is 25.0 Å². The minimum Gasteiger partial charge on any atom is -0.462 e. The van der Waals surface area contributed by atoms with E-state index < -0.39 is 16.0 Å². The Bertz CT molecular complexity index is 1130. The van der Waals surface area contributed by atoms with E-state index in [-0.39, 0.29) is 47.9 Å². The molecule has 2 aromatic rings. The molecule has 178 valence electrons. The second-order valence-corrected chi connectivity index (χ2v) is 10.7. The first-order valence-corrected chi connectivity index (χ1v) is 13.0. The van der Waals surface area contributed by atoms with E-state index in [0.717, 1.165) is 0 Å². The van der Waals surface area contributed by atoms with Crippen molar-refractivity contribution in [3.63, 3.8) is 0 Å². The SMILES string of the molecule is CCOC(=O)c1cc(NC(=O)C2CCN(S(=O)(=O)Cc3c(Cl)cccc3Cl)CC2)ccc1Cl. The van der Waals surface area contributed by atoms with Crippen LogP contribution in [0.3, 0.4) is 0 Å². The first-order chi connectivity index (χ1) is 15.6. The van der Waals surface area contributed by atoms with E-state index in [1.165, 1.54) is 16.4 Å². The predicted octanol–water partition coefficient (Wildman–Crippen LogP) is 5.00. The minimum absolute atomic E-state index is 0.162. The van der Waals surface area contributed by atoms with Gasteiger partial charge in [-0.1, -0.05) is 40.9 Å². The normalized spacial score (nSPS) is 15.3. The molecule has 0 spiro atoms. The molecule has 1 aliphatic rings. The third-order valence-corrected chi connectivity index (χ3v) is 8.18. The molecule has 0 unspecified atom stereocenters. The van der Waals surface area contributed by atoms with E-state index >= 15 is 0 Å². The van der Waals surface area contributed by atoms with Crippen molar-refractivity contribution < 1.29 is 22.7 Å². The number of piperidine rings is 1. The molecule has 0 radical (unpaired) electrons. The number of hydrogen-bond donors (Lipinski definition) is 1. The Morgan fingerprint density at radius 2 is 1.70 bits per heavy atom. The van der Waals surface area contributed by atoms with Crippen molar-refractivity contribution >= 4 is 62.4 Å². The maximum absolute atomic E-state index is 12.9. The molecule has 0 atom stereocenters. The molecule has 0 aliphatic carbocycles. The topological polar surface area (TPSA) is 92.8 Å². The highest BCUT2D eigenvalue weighted by Gasteiger charge is 2.32. The maximum atomic E-state index is 12.9. The number of nitrogens with one attached hydrogen (secondary N) is 1. The average Bonchev–Trinajstić information content (AvgIpc) is 2.78. The lowest BCUT2D eigenvalue weighted by atomic mass is 9.97. The molecule has 2 aromatic carbocycles. The Kier molecular flexibility index (Phi) is 8.64. The van der Waals surface area contributed by atoms with Crippen molar-refractivity contribution in [3.05, 3.63) is 62.6 Å². The van der Waals surface area contributed by atoms with Gasteiger partial charge in [0.2, 0.25) is 15.9 Å². The van der Waals surface area contributed by atoms with E-state index in [1.807, 2.05) is 0 Å². The summed E-state index contributed by atoms with van der Waals surface area (Å²) in [5.41, 5.74) is 0.937. The maximum Gasteiger partial charge on any atom is 0.339 e. The van der Waals surface area contributed by atoms with Crippen molar-refractivity contribution in [3.8, 4) is 0 Å². The van der Waals surface area contributed by atoms with Gasteiger partial charge in [0.15, 0.2) is 0 Å². The molecule has 11 heteroatoms. The number of amides is 1. The fraction of sp³-hybridized carbons (Fsp3) is 0.364. The smallest absolute Gasteiger partial charge is 0.339 e. The molecular formula is C22H23Cl3N2O5S. The molecule has 1 heterocycles. The number of esters is 1. The number of sulfonamides is 1. The van der Waals surface area contributed by atoms with Crippen LogP contribution in [-0.2, 0) is 25.3 Å². The van der Waals surface area contributed by atoms with Crippen LogP contribution in [-0.4, -0.2) is 44.3 Å². The van der Waals surface area contributed by atoms with Crippen LogP contribution in [0.2, 0.25) is 15.1 Å². The third kappa shape index (κ3) is 6.39. The summed E-state index contributed by atoms with van der Waals surface area (Å²) < 4.78 is 32.1. The van der Waals surface area contributed by atoms with Crippen molar-refractivity contribution in [1.29, 1.82) is 0 Å². The van der Waals surface area contributed by atoms with Crippen LogP contribution in [0.5, 0.6) is 0 Å². The molecule has 1 aliphatic heterocycles. The van der Waals surface area contributed by atoms with E-state index in [0.29, 0.717) is 34.1 Å². The summed E-state index contributed by atoms with van der Waals surface area (Å²) in [6, 6.07) is 9.42. The highest BCUT2D eigenvalue weighted by Crippen LogP contribution is 2.29. The lowest BCUT2D eigenvalue weighted by molar-refractivity contribution is -0.120. The summed E-state index contributed by atoms with van der Waals surface area (Å²) in [7, 11) is -3.65. The van der Waals surface area contributed by atoms with Gasteiger partial charge in [-0.2, -0.15) is 0 Å². The molecular weight excluding hydrogens is 511 g/mol. The molecule has 7 nitrogen and oxygen atoms in total. The number of carbonyl (C=O) groups excluding carboxylic acids is 2. The van der Waals surface area contributed by atoms with Gasteiger partial charge < -0.3 is 10.1 Å². The van der Waals surface area contributed by atoms with Gasteiger partial charge >= 0.3 is 5.97 Å². The Morgan fingerprint density at radius 3 is 2.30 bits per heavy atom. The summed E-state index contributed by atoms with van der Waals surface area (Å²) in [6.45, 7) is 2.30. The van der Waals surface area contributed by atoms with Crippen LogP contribution >= 0.6 is 34.8 Å². The number of anilines is 1. The highest BCUT2D eigenvalue weighted by atomic mass is 35.5. The standard InChI is InChI=1S/C22H23Cl3N2O5S/c1-2-32-22(29)16-12-15(6-7-20(16)25)26-21(28)14-8-10-27(11-9-14)33(30,31)13-17-18(23)4-3-5-19(17)24/h3-7,12,14H,2,8-11,13H2,1H3,(H,26,28). The summed E-state index contributed by atoms with van der Waals surface area (Å²) >= 11 is 18.3. The Balaban J connectivity index is 1.61. The van der Waals surface area contributed by atoms with Crippen molar-refractivity contribution in [2.45, 2.75) is 25.5 Å². The molecule has 1 saturated heterocycles. The molecule has 33 heavy (non-hydrogen) atoms. The first kappa shape index (κ1) is 25.8. The summed E-state index contributed by atoms with van der Waals surface area (Å²) in [6.07, 6.45) is 0.722. The Hall–Kier alpha value is -1.84. The highest BCUT2D eigenvalue weighted by molar-refractivity contribution is 7.88. The second kappa shape index (κ2) is 11.1. The lowest BCUT2D eigenvalue weighted by Gasteiger charge is -2.30. The van der Waals surface area contributed by atoms with E-state index in [1.54, 1.807) is 31.2 Å². The zero-order valence-electron chi connectivity index (χ0n) is 17.8. The molecule has 1 fully saturated rings. The number of nitrogens with zero attached hydrogens (tertiary/aromatic N) is 1. The Labute approximate surface area is 208 Å². The lowest BCUT2D eigenvalue weighted by Crippen LogP contribution is -2.42. The number of hydrogen-bond acceptors (Lipinski definition) is 5. The summed E-state index contributed by atoms with van der Waals surface area (Å²) in [4.78, 5) is 24.7. The van der Waals surface area contributed by atoms with Crippen LogP contribution in [0.4, 0.5) is 5.69 Å². The number of carbonyl (C=O) groups is 2. The molecule has 1 amide bonds. The van der Waals surface area contributed by atoms with Gasteiger partial charge in [0.1, 0.15) is 0 Å². The quantitative estimate of drug-likeness (QED) is 0.505. The van der Waals surface area contributed by atoms with Crippen LogP contribution in [0.15, 0.2) is 36.4 Å². The van der Waals surface area contributed by atoms with Gasteiger partial charge in [0.25, 0.3) is 0 Å². The van der Waals surface area contributed by atoms with Crippen LogP contribution < -0.4 is 5.32 Å². The van der Waals surface area contributed by atoms with Crippen LogP contribution in [0.25, 0.3) is 0 Å². The number of rotatable bonds is 7. The van der Waals surface area contributed by atoms with Crippen molar-refractivity contribution in [2.24, 2.45) is 5.92 Å². The molecule has 3 rings (SSSR count). The van der Waals surface area contributed by atoms with Crippen molar-refractivity contribution in [1.82, 2.24) is 4.31 Å². The summed E-state index contributed by atoms with van der Waals surface area (Å²) in [5.74, 6) is -1.50. The second-order valence-electron chi connectivity index (χ2n) is 7.53. The van der Waals surface area contributed by atoms with Gasteiger partial charge in [-0.3, -0.25) is 4.79 Å². The third-order valence-electron chi connectivity index (χ3n) is 5.34. The largest absolute Gasteiger partial charge is 0.462 e. The molecule has 1 N–H and O–H groups in total. The van der Waals surface area contributed by atoms with E-state index in [4.69, 9.17) is 39.5 Å². The fourth-order valence-electron chi connectivity index (χ4n) is 3.55. The predicted molar refractivity (Wildman–Crippen MR) is 129 cm³/mol. The van der Waals surface area contributed by atoms with Gasteiger partial charge in [-0.05, 0) is 50.1 Å². The minimum atomic E-state index is -3.65. The number of ether oxygens (including phenoxy) is 1. The first-order valence-electron chi connectivity index (χ1n) is 10.3. The Morgan fingerprint density at radius 1 is 1.06 bits per heavy atom. The fourth-order valence-corrected chi connectivity index (χ4v) is 6.06. The monoisotopic (exact) mass is 532 g/mol. The van der Waals surface area contributed by atoms with Gasteiger partial charge in [-0.15, -0.1) is 0 Å². The molecule has 0 bridgehead atoms. The zero-order valence-corrected chi connectivity index (χ0v) is 20.9. The van der Waals surface area contributed by atoms with Crippen LogP contribution in [0.1, 0.15) is 35.7 Å².